The maximum absolute atomic E-state index is 6.28. The van der Waals surface area contributed by atoms with Crippen LogP contribution in [0, 0.1) is 5.41 Å². The van der Waals surface area contributed by atoms with Crippen LogP contribution in [0.4, 0.5) is 0 Å². The summed E-state index contributed by atoms with van der Waals surface area (Å²) >= 11 is 6.28. The van der Waals surface area contributed by atoms with Crippen LogP contribution in [0.2, 0.25) is 5.02 Å². The minimum absolute atomic E-state index is 0.0262. The minimum Gasteiger partial charge on any atom is -0.375 e. The Labute approximate surface area is 127 Å². The second-order valence-corrected chi connectivity index (χ2v) is 6.49. The van der Waals surface area contributed by atoms with Gasteiger partial charge in [-0.1, -0.05) is 36.7 Å². The van der Waals surface area contributed by atoms with Gasteiger partial charge >= 0.3 is 0 Å². The molecule has 2 N–H and O–H groups in total. The van der Waals surface area contributed by atoms with Gasteiger partial charge in [-0.25, -0.2) is 0 Å². The molecule has 1 saturated heterocycles. The predicted octanol–water partition coefficient (Wildman–Crippen LogP) is 3.01. The molecule has 0 spiro atoms. The number of hydrogen-bond donors (Lipinski definition) is 2. The highest BCUT2D eigenvalue weighted by Crippen LogP contribution is 2.29. The summed E-state index contributed by atoms with van der Waals surface area (Å²) in [6.07, 6.45) is 1.19. The first-order valence-electron chi connectivity index (χ1n) is 7.27. The third-order valence-electron chi connectivity index (χ3n) is 4.23. The van der Waals surface area contributed by atoms with E-state index in [0.717, 1.165) is 30.2 Å². The van der Waals surface area contributed by atoms with E-state index in [1.165, 1.54) is 6.42 Å². The average Bonchev–Trinajstić information content (AvgIpc) is 2.87. The van der Waals surface area contributed by atoms with E-state index in [-0.39, 0.29) is 12.1 Å². The normalized spacial score (nSPS) is 25.6. The van der Waals surface area contributed by atoms with E-state index in [2.05, 4.69) is 24.5 Å². The van der Waals surface area contributed by atoms with Crippen LogP contribution in [0.1, 0.15) is 31.9 Å². The van der Waals surface area contributed by atoms with Crippen molar-refractivity contribution in [2.75, 3.05) is 26.7 Å². The van der Waals surface area contributed by atoms with Crippen molar-refractivity contribution in [3.8, 4) is 0 Å². The average molecular weight is 297 g/mol. The number of hydrogen-bond acceptors (Lipinski definition) is 3. The van der Waals surface area contributed by atoms with Gasteiger partial charge in [-0.2, -0.15) is 0 Å². The molecule has 1 heterocycles. The van der Waals surface area contributed by atoms with Gasteiger partial charge in [0, 0.05) is 36.8 Å². The third kappa shape index (κ3) is 3.73. The summed E-state index contributed by atoms with van der Waals surface area (Å²) in [6.45, 7) is 7.67. The molecular weight excluding hydrogens is 272 g/mol. The van der Waals surface area contributed by atoms with Crippen LogP contribution in [0.15, 0.2) is 24.3 Å². The van der Waals surface area contributed by atoms with Crippen LogP contribution in [-0.4, -0.2) is 32.8 Å². The number of rotatable bonds is 6. The summed E-state index contributed by atoms with van der Waals surface area (Å²) in [4.78, 5) is 0. The zero-order valence-corrected chi connectivity index (χ0v) is 13.3. The van der Waals surface area contributed by atoms with Gasteiger partial charge in [0.05, 0.1) is 6.10 Å². The van der Waals surface area contributed by atoms with Gasteiger partial charge in [-0.05, 0) is 31.4 Å². The fourth-order valence-electron chi connectivity index (χ4n) is 2.84. The van der Waals surface area contributed by atoms with Gasteiger partial charge in [0.15, 0.2) is 0 Å². The zero-order valence-electron chi connectivity index (χ0n) is 12.6. The summed E-state index contributed by atoms with van der Waals surface area (Å²) in [7, 11) is 1.74. The molecule has 3 unspecified atom stereocenters. The van der Waals surface area contributed by atoms with Crippen LogP contribution >= 0.6 is 11.6 Å². The zero-order chi connectivity index (χ0) is 14.6. The molecule has 1 aliphatic rings. The van der Waals surface area contributed by atoms with Crippen molar-refractivity contribution in [3.05, 3.63) is 34.9 Å². The largest absolute Gasteiger partial charge is 0.375 e. The van der Waals surface area contributed by atoms with Gasteiger partial charge in [0.2, 0.25) is 0 Å². The minimum atomic E-state index is -0.0262. The van der Waals surface area contributed by atoms with Crippen LogP contribution in [0.5, 0.6) is 0 Å². The molecule has 0 aliphatic carbocycles. The fraction of sp³-hybridized carbons (Fsp3) is 0.625. The first-order chi connectivity index (χ1) is 9.56. The molecule has 1 aromatic rings. The topological polar surface area (TPSA) is 33.3 Å². The number of halogens is 1. The first-order valence-corrected chi connectivity index (χ1v) is 7.65. The van der Waals surface area contributed by atoms with E-state index in [0.29, 0.717) is 5.41 Å². The Kier molecular flexibility index (Phi) is 5.44. The van der Waals surface area contributed by atoms with Crippen molar-refractivity contribution in [1.29, 1.82) is 0 Å². The third-order valence-corrected chi connectivity index (χ3v) is 4.57. The van der Waals surface area contributed by atoms with Crippen molar-refractivity contribution in [3.63, 3.8) is 0 Å². The van der Waals surface area contributed by atoms with E-state index in [4.69, 9.17) is 16.3 Å². The highest BCUT2D eigenvalue weighted by atomic mass is 35.5. The lowest BCUT2D eigenvalue weighted by molar-refractivity contribution is 0.0699. The van der Waals surface area contributed by atoms with E-state index < -0.39 is 0 Å². The van der Waals surface area contributed by atoms with E-state index in [9.17, 15) is 0 Å². The van der Waals surface area contributed by atoms with Crippen LogP contribution in [-0.2, 0) is 4.74 Å². The lowest BCUT2D eigenvalue weighted by atomic mass is 9.89. The van der Waals surface area contributed by atoms with E-state index in [1.807, 2.05) is 24.3 Å². The molecule has 0 aromatic heterocycles. The maximum Gasteiger partial charge on any atom is 0.0985 e. The number of ether oxygens (including phenoxy) is 1. The van der Waals surface area contributed by atoms with Crippen molar-refractivity contribution < 1.29 is 4.74 Å². The van der Waals surface area contributed by atoms with E-state index >= 15 is 0 Å². The molecule has 4 heteroatoms. The van der Waals surface area contributed by atoms with Gasteiger partial charge < -0.3 is 15.4 Å². The Bertz CT molecular complexity index is 432. The Balaban J connectivity index is 1.99. The van der Waals surface area contributed by atoms with Crippen molar-refractivity contribution in [1.82, 2.24) is 10.6 Å². The molecule has 1 aliphatic heterocycles. The maximum atomic E-state index is 6.28. The molecular formula is C16H25ClN2O. The molecule has 112 valence electrons. The van der Waals surface area contributed by atoms with E-state index in [1.54, 1.807) is 7.11 Å². The van der Waals surface area contributed by atoms with Crippen molar-refractivity contribution in [2.45, 2.75) is 32.4 Å². The van der Waals surface area contributed by atoms with Gasteiger partial charge in [-0.3, -0.25) is 0 Å². The Morgan fingerprint density at radius 2 is 2.20 bits per heavy atom. The monoisotopic (exact) mass is 296 g/mol. The highest BCUT2D eigenvalue weighted by molar-refractivity contribution is 6.31. The molecule has 3 atom stereocenters. The Hall–Kier alpha value is -0.610. The molecule has 0 saturated carbocycles. The number of nitrogens with one attached hydrogen (secondary N) is 2. The molecule has 1 fully saturated rings. The predicted molar refractivity (Wildman–Crippen MR) is 84.3 cm³/mol. The molecule has 0 amide bonds. The molecule has 0 radical (unpaired) electrons. The lowest BCUT2D eigenvalue weighted by Crippen LogP contribution is -2.41. The summed E-state index contributed by atoms with van der Waals surface area (Å²) in [6, 6.07) is 8.12. The summed E-state index contributed by atoms with van der Waals surface area (Å²) < 4.78 is 5.66. The van der Waals surface area contributed by atoms with Gasteiger partial charge in [0.1, 0.15) is 0 Å². The first kappa shape index (κ1) is 15.8. The van der Waals surface area contributed by atoms with Crippen molar-refractivity contribution in [2.24, 2.45) is 5.41 Å². The standard InChI is InChI=1S/C16H25ClN2O/c1-12(19-11-16(2)8-9-18-10-16)15(20-3)13-6-4-5-7-14(13)17/h4-7,12,15,18-19H,8-11H2,1-3H3. The second-order valence-electron chi connectivity index (χ2n) is 6.08. The second kappa shape index (κ2) is 6.90. The Morgan fingerprint density at radius 3 is 2.80 bits per heavy atom. The SMILES string of the molecule is COC(c1ccccc1Cl)C(C)NCC1(C)CCNC1. The molecule has 2 rings (SSSR count). The summed E-state index contributed by atoms with van der Waals surface area (Å²) in [5.74, 6) is 0. The molecule has 0 bridgehead atoms. The van der Waals surface area contributed by atoms with Crippen LogP contribution in [0.3, 0.4) is 0 Å². The lowest BCUT2D eigenvalue weighted by Gasteiger charge is -2.30. The smallest absolute Gasteiger partial charge is 0.0985 e. The molecule has 1 aromatic carbocycles. The summed E-state index contributed by atoms with van der Waals surface area (Å²) in [5.41, 5.74) is 1.39. The number of methoxy groups -OCH3 is 1. The van der Waals surface area contributed by atoms with Crippen molar-refractivity contribution >= 4 is 11.6 Å². The van der Waals surface area contributed by atoms with Crippen LogP contribution in [0.25, 0.3) is 0 Å². The molecule has 20 heavy (non-hydrogen) atoms. The van der Waals surface area contributed by atoms with Gasteiger partial charge in [0.25, 0.3) is 0 Å². The summed E-state index contributed by atoms with van der Waals surface area (Å²) in [5, 5.41) is 7.81. The molecule has 3 nitrogen and oxygen atoms in total. The number of benzene rings is 1. The highest BCUT2D eigenvalue weighted by Gasteiger charge is 2.30. The van der Waals surface area contributed by atoms with Crippen LogP contribution < -0.4 is 10.6 Å². The van der Waals surface area contributed by atoms with Gasteiger partial charge in [-0.15, -0.1) is 0 Å². The quantitative estimate of drug-likeness (QED) is 0.847. The fourth-order valence-corrected chi connectivity index (χ4v) is 3.08. The Morgan fingerprint density at radius 1 is 1.45 bits per heavy atom.